The molecule has 0 aliphatic carbocycles. The van der Waals surface area contributed by atoms with Crippen molar-refractivity contribution < 1.29 is 0 Å². The first kappa shape index (κ1) is 28.9. The largest absolute Gasteiger partial charge is 0.343 e. The SMILES string of the molecule is Cn1c(-c2ccccc2)c2c(-c3ccc(-c4ccccc4)cc3)nc(C#N)c(-c3ccc(-c4ccccc4)cc3)c2c1-c1ccccc1. The first-order valence-corrected chi connectivity index (χ1v) is 16.1. The highest BCUT2D eigenvalue weighted by Gasteiger charge is 2.27. The third kappa shape index (κ3) is 5.07. The Balaban J connectivity index is 1.46. The van der Waals surface area contributed by atoms with Crippen molar-refractivity contribution in [3.05, 3.63) is 176 Å². The Kier molecular flexibility index (Phi) is 7.45. The van der Waals surface area contributed by atoms with E-state index in [-0.39, 0.29) is 0 Å². The molecule has 0 spiro atoms. The van der Waals surface area contributed by atoms with Gasteiger partial charge in [-0.1, -0.05) is 170 Å². The van der Waals surface area contributed by atoms with Gasteiger partial charge in [-0.25, -0.2) is 4.98 Å². The maximum atomic E-state index is 10.8. The van der Waals surface area contributed by atoms with E-state index in [2.05, 4.69) is 163 Å². The van der Waals surface area contributed by atoms with Crippen LogP contribution < -0.4 is 0 Å². The van der Waals surface area contributed by atoms with Crippen LogP contribution in [0.1, 0.15) is 5.69 Å². The van der Waals surface area contributed by atoms with E-state index in [0.717, 1.165) is 77.9 Å². The fraction of sp³-hybridized carbons (Fsp3) is 0.0222. The van der Waals surface area contributed by atoms with Crippen molar-refractivity contribution >= 4 is 10.8 Å². The summed E-state index contributed by atoms with van der Waals surface area (Å²) in [5.74, 6) is 0. The van der Waals surface area contributed by atoms with Crippen LogP contribution in [0.15, 0.2) is 170 Å². The van der Waals surface area contributed by atoms with Gasteiger partial charge in [0.25, 0.3) is 0 Å². The van der Waals surface area contributed by atoms with E-state index in [1.807, 2.05) is 24.3 Å². The van der Waals surface area contributed by atoms with E-state index in [4.69, 9.17) is 4.98 Å². The molecular weight excluding hydrogens is 583 g/mol. The zero-order valence-corrected chi connectivity index (χ0v) is 26.5. The van der Waals surface area contributed by atoms with Crippen molar-refractivity contribution in [2.45, 2.75) is 0 Å². The van der Waals surface area contributed by atoms with Gasteiger partial charge < -0.3 is 4.57 Å². The minimum atomic E-state index is 0.402. The Morgan fingerprint density at radius 2 is 0.771 bits per heavy atom. The summed E-state index contributed by atoms with van der Waals surface area (Å²) in [4.78, 5) is 5.21. The lowest BCUT2D eigenvalue weighted by molar-refractivity contribution is 0.951. The van der Waals surface area contributed by atoms with E-state index in [1.165, 1.54) is 0 Å². The van der Waals surface area contributed by atoms with Gasteiger partial charge in [-0.15, -0.1) is 0 Å². The van der Waals surface area contributed by atoms with Crippen LogP contribution in [0.3, 0.4) is 0 Å². The summed E-state index contributed by atoms with van der Waals surface area (Å²) < 4.78 is 2.28. The molecule has 6 aromatic carbocycles. The molecule has 3 heteroatoms. The molecule has 48 heavy (non-hydrogen) atoms. The molecule has 0 aliphatic heterocycles. The third-order valence-electron chi connectivity index (χ3n) is 9.09. The Bertz CT molecular complexity index is 2400. The van der Waals surface area contributed by atoms with Crippen LogP contribution in [-0.2, 0) is 7.05 Å². The lowest BCUT2D eigenvalue weighted by atomic mass is 9.91. The summed E-state index contributed by atoms with van der Waals surface area (Å²) in [7, 11) is 2.13. The number of nitrogens with zero attached hydrogens (tertiary/aromatic N) is 3. The fourth-order valence-corrected chi connectivity index (χ4v) is 6.85. The van der Waals surface area contributed by atoms with Crippen molar-refractivity contribution in [3.63, 3.8) is 0 Å². The molecule has 0 unspecified atom stereocenters. The summed E-state index contributed by atoms with van der Waals surface area (Å²) in [5, 5.41) is 12.8. The van der Waals surface area contributed by atoms with Crippen LogP contribution in [0.4, 0.5) is 0 Å². The average molecular weight is 614 g/mol. The number of aromatic nitrogens is 2. The summed E-state index contributed by atoms with van der Waals surface area (Å²) in [6.07, 6.45) is 0. The van der Waals surface area contributed by atoms with Crippen LogP contribution in [0.25, 0.3) is 77.9 Å². The maximum Gasteiger partial charge on any atom is 0.149 e. The third-order valence-corrected chi connectivity index (χ3v) is 9.09. The summed E-state index contributed by atoms with van der Waals surface area (Å²) >= 11 is 0. The van der Waals surface area contributed by atoms with Crippen LogP contribution in [0, 0.1) is 11.3 Å². The summed E-state index contributed by atoms with van der Waals surface area (Å²) in [6.45, 7) is 0. The Morgan fingerprint density at radius 1 is 0.417 bits per heavy atom. The van der Waals surface area contributed by atoms with Crippen molar-refractivity contribution in [1.29, 1.82) is 5.26 Å². The zero-order chi connectivity index (χ0) is 32.5. The average Bonchev–Trinajstić information content (AvgIpc) is 3.48. The standard InChI is InChI=1S/C45H31N3/c1-48-44(37-18-10-4-11-19-37)41-40(35-26-22-33(23-27-35)31-14-6-2-7-15-31)39(30-46)47-43(42(41)45(48)38-20-12-5-13-21-38)36-28-24-34(25-29-36)32-16-8-3-9-17-32/h2-29H,1H3. The molecular formula is C45H31N3. The van der Waals surface area contributed by atoms with E-state index in [1.54, 1.807) is 0 Å². The molecule has 2 heterocycles. The molecule has 0 aliphatic rings. The van der Waals surface area contributed by atoms with Crippen molar-refractivity contribution in [1.82, 2.24) is 9.55 Å². The van der Waals surface area contributed by atoms with Crippen molar-refractivity contribution in [3.8, 4) is 73.2 Å². The molecule has 3 nitrogen and oxygen atoms in total. The highest BCUT2D eigenvalue weighted by Crippen LogP contribution is 2.48. The molecule has 2 aromatic heterocycles. The number of hydrogen-bond acceptors (Lipinski definition) is 2. The first-order chi connectivity index (χ1) is 23.7. The Labute approximate surface area is 280 Å². The number of hydrogen-bond donors (Lipinski definition) is 0. The molecule has 8 rings (SSSR count). The quantitative estimate of drug-likeness (QED) is 0.187. The van der Waals surface area contributed by atoms with Crippen LogP contribution >= 0.6 is 0 Å². The predicted molar refractivity (Wildman–Crippen MR) is 198 cm³/mol. The molecule has 0 saturated heterocycles. The fourth-order valence-electron chi connectivity index (χ4n) is 6.85. The zero-order valence-electron chi connectivity index (χ0n) is 26.5. The smallest absolute Gasteiger partial charge is 0.149 e. The number of rotatable bonds is 6. The Hall–Kier alpha value is -6.50. The first-order valence-electron chi connectivity index (χ1n) is 16.1. The molecule has 226 valence electrons. The number of nitriles is 1. The van der Waals surface area contributed by atoms with Gasteiger partial charge in [-0.3, -0.25) is 0 Å². The second-order valence-corrected chi connectivity index (χ2v) is 11.9. The molecule has 0 bridgehead atoms. The minimum Gasteiger partial charge on any atom is -0.343 e. The van der Waals surface area contributed by atoms with E-state index < -0.39 is 0 Å². The van der Waals surface area contributed by atoms with Gasteiger partial charge in [0.2, 0.25) is 0 Å². The van der Waals surface area contributed by atoms with Crippen LogP contribution in [-0.4, -0.2) is 9.55 Å². The molecule has 0 amide bonds. The van der Waals surface area contributed by atoms with Gasteiger partial charge in [0.15, 0.2) is 0 Å². The number of benzene rings is 6. The molecule has 0 radical (unpaired) electrons. The van der Waals surface area contributed by atoms with Crippen LogP contribution in [0.2, 0.25) is 0 Å². The number of pyridine rings is 1. The molecule has 0 fully saturated rings. The van der Waals surface area contributed by atoms with Gasteiger partial charge in [-0.2, -0.15) is 5.26 Å². The van der Waals surface area contributed by atoms with E-state index >= 15 is 0 Å². The minimum absolute atomic E-state index is 0.402. The molecule has 0 atom stereocenters. The topological polar surface area (TPSA) is 41.6 Å². The second-order valence-electron chi connectivity index (χ2n) is 11.9. The lowest BCUT2D eigenvalue weighted by Gasteiger charge is -2.14. The van der Waals surface area contributed by atoms with Gasteiger partial charge >= 0.3 is 0 Å². The lowest BCUT2D eigenvalue weighted by Crippen LogP contribution is -1.96. The van der Waals surface area contributed by atoms with Gasteiger partial charge in [0.05, 0.1) is 17.1 Å². The number of fused-ring (bicyclic) bond motifs is 1. The molecule has 0 N–H and O–H groups in total. The van der Waals surface area contributed by atoms with Crippen molar-refractivity contribution in [2.75, 3.05) is 0 Å². The molecule has 0 saturated carbocycles. The van der Waals surface area contributed by atoms with E-state index in [9.17, 15) is 5.26 Å². The Morgan fingerprint density at radius 3 is 1.21 bits per heavy atom. The normalized spacial score (nSPS) is 11.0. The predicted octanol–water partition coefficient (Wildman–Crippen LogP) is 11.4. The summed E-state index contributed by atoms with van der Waals surface area (Å²) in [5.41, 5.74) is 12.8. The summed E-state index contributed by atoms with van der Waals surface area (Å²) in [6, 6.07) is 61.3. The van der Waals surface area contributed by atoms with E-state index in [0.29, 0.717) is 5.69 Å². The monoisotopic (exact) mass is 613 g/mol. The highest BCUT2D eigenvalue weighted by molar-refractivity contribution is 6.18. The maximum absolute atomic E-state index is 10.8. The van der Waals surface area contributed by atoms with Gasteiger partial charge in [0, 0.05) is 28.9 Å². The van der Waals surface area contributed by atoms with Gasteiger partial charge in [-0.05, 0) is 38.9 Å². The van der Waals surface area contributed by atoms with Crippen LogP contribution in [0.5, 0.6) is 0 Å². The van der Waals surface area contributed by atoms with Gasteiger partial charge in [0.1, 0.15) is 11.8 Å². The van der Waals surface area contributed by atoms with Crippen molar-refractivity contribution in [2.24, 2.45) is 7.05 Å². The highest BCUT2D eigenvalue weighted by atomic mass is 15.0. The second kappa shape index (κ2) is 12.4. The molecule has 8 aromatic rings.